The topological polar surface area (TPSA) is 60.9 Å². The van der Waals surface area contributed by atoms with Crippen LogP contribution in [0.2, 0.25) is 0 Å². The highest BCUT2D eigenvalue weighted by Gasteiger charge is 2.39. The van der Waals surface area contributed by atoms with Gasteiger partial charge in [-0.15, -0.1) is 0 Å². The monoisotopic (exact) mass is 276 g/mol. The van der Waals surface area contributed by atoms with Gasteiger partial charge in [0.1, 0.15) is 0 Å². The van der Waals surface area contributed by atoms with Gasteiger partial charge in [-0.2, -0.15) is 17.0 Å². The molecular weight excluding hydrogens is 252 g/mol. The molecule has 0 aromatic carbocycles. The van der Waals surface area contributed by atoms with Crippen molar-refractivity contribution in [1.29, 1.82) is 0 Å². The van der Waals surface area contributed by atoms with Crippen molar-refractivity contribution in [3.63, 3.8) is 0 Å². The van der Waals surface area contributed by atoms with Gasteiger partial charge < -0.3 is 5.11 Å². The third-order valence-electron chi connectivity index (χ3n) is 4.18. The van der Waals surface area contributed by atoms with Crippen LogP contribution in [0, 0.1) is 11.8 Å². The third-order valence-corrected chi connectivity index (χ3v) is 6.30. The van der Waals surface area contributed by atoms with Crippen molar-refractivity contribution < 1.29 is 13.5 Å². The van der Waals surface area contributed by atoms with E-state index in [1.165, 1.54) is 0 Å². The van der Waals surface area contributed by atoms with Crippen molar-refractivity contribution in [3.8, 4) is 0 Å². The summed E-state index contributed by atoms with van der Waals surface area (Å²) >= 11 is 0. The molecule has 2 heterocycles. The number of hydrogen-bond acceptors (Lipinski definition) is 3. The fourth-order valence-corrected chi connectivity index (χ4v) is 5.01. The Morgan fingerprint density at radius 2 is 1.83 bits per heavy atom. The summed E-state index contributed by atoms with van der Waals surface area (Å²) in [5.41, 5.74) is 0. The van der Waals surface area contributed by atoms with E-state index < -0.39 is 10.2 Å². The second-order valence-corrected chi connectivity index (χ2v) is 7.67. The number of nitrogens with zero attached hydrogens (tertiary/aromatic N) is 2. The molecule has 2 unspecified atom stereocenters. The van der Waals surface area contributed by atoms with Gasteiger partial charge in [0.15, 0.2) is 0 Å². The molecule has 0 aromatic heterocycles. The first kappa shape index (κ1) is 14.2. The van der Waals surface area contributed by atoms with Crippen molar-refractivity contribution in [2.24, 2.45) is 11.8 Å². The summed E-state index contributed by atoms with van der Waals surface area (Å²) in [5.74, 6) is 0.719. The van der Waals surface area contributed by atoms with Gasteiger partial charge in [0.25, 0.3) is 10.2 Å². The minimum absolute atomic E-state index is 0.112. The largest absolute Gasteiger partial charge is 0.396 e. The maximum Gasteiger partial charge on any atom is 0.282 e. The summed E-state index contributed by atoms with van der Waals surface area (Å²) < 4.78 is 28.3. The molecule has 1 N–H and O–H groups in total. The van der Waals surface area contributed by atoms with Crippen LogP contribution < -0.4 is 0 Å². The first-order valence-electron chi connectivity index (χ1n) is 6.83. The Hall–Kier alpha value is -0.170. The molecule has 0 radical (unpaired) electrons. The van der Waals surface area contributed by atoms with Crippen molar-refractivity contribution >= 4 is 10.2 Å². The zero-order valence-corrected chi connectivity index (χ0v) is 12.1. The van der Waals surface area contributed by atoms with E-state index in [2.05, 4.69) is 6.92 Å². The Morgan fingerprint density at radius 1 is 1.22 bits per heavy atom. The van der Waals surface area contributed by atoms with Crippen LogP contribution in [0.3, 0.4) is 0 Å². The van der Waals surface area contributed by atoms with Crippen molar-refractivity contribution in [1.82, 2.24) is 8.61 Å². The summed E-state index contributed by atoms with van der Waals surface area (Å²) in [5, 5.41) is 9.09. The molecule has 2 fully saturated rings. The summed E-state index contributed by atoms with van der Waals surface area (Å²) in [6.07, 6.45) is 2.49. The molecule has 106 valence electrons. The standard InChI is InChI=1S/C12H24N2O3S/c1-10-7-11(2)14(8-10)18(16,17)13-5-3-12(9-15)4-6-13/h10-12,15H,3-9H2,1-2H3. The summed E-state index contributed by atoms with van der Waals surface area (Å²) in [7, 11) is -3.29. The summed E-state index contributed by atoms with van der Waals surface area (Å²) in [6.45, 7) is 6.00. The maximum atomic E-state index is 12.5. The SMILES string of the molecule is CC1CC(C)N(S(=O)(=O)N2CCC(CO)CC2)C1. The normalized spacial score (nSPS) is 33.1. The van der Waals surface area contributed by atoms with Crippen LogP contribution >= 0.6 is 0 Å². The smallest absolute Gasteiger partial charge is 0.282 e. The number of aliphatic hydroxyl groups excluding tert-OH is 1. The predicted octanol–water partition coefficient (Wildman–Crippen LogP) is 0.666. The molecule has 2 saturated heterocycles. The van der Waals surface area contributed by atoms with Crippen LogP contribution in [0.15, 0.2) is 0 Å². The van der Waals surface area contributed by atoms with Crippen molar-refractivity contribution in [2.45, 2.75) is 39.2 Å². The van der Waals surface area contributed by atoms with Crippen LogP contribution in [0.1, 0.15) is 33.1 Å². The molecule has 0 amide bonds. The van der Waals surface area contributed by atoms with E-state index in [9.17, 15) is 8.42 Å². The Labute approximate surface area is 110 Å². The van der Waals surface area contributed by atoms with Crippen LogP contribution in [-0.2, 0) is 10.2 Å². The average Bonchev–Trinajstić information content (AvgIpc) is 2.69. The Kier molecular flexibility index (Phi) is 4.31. The summed E-state index contributed by atoms with van der Waals surface area (Å²) in [4.78, 5) is 0. The molecule has 18 heavy (non-hydrogen) atoms. The van der Waals surface area contributed by atoms with Crippen LogP contribution in [0.4, 0.5) is 0 Å². The van der Waals surface area contributed by atoms with Gasteiger partial charge in [-0.25, -0.2) is 0 Å². The second kappa shape index (κ2) is 5.45. The molecule has 0 aromatic rings. The van der Waals surface area contributed by atoms with E-state index in [4.69, 9.17) is 5.11 Å². The van der Waals surface area contributed by atoms with Gasteiger partial charge >= 0.3 is 0 Å². The lowest BCUT2D eigenvalue weighted by Crippen LogP contribution is -2.48. The third kappa shape index (κ3) is 2.71. The zero-order chi connectivity index (χ0) is 13.3. The lowest BCUT2D eigenvalue weighted by atomic mass is 10.00. The molecule has 2 aliphatic heterocycles. The van der Waals surface area contributed by atoms with E-state index in [0.717, 1.165) is 19.3 Å². The van der Waals surface area contributed by atoms with E-state index in [0.29, 0.717) is 25.6 Å². The minimum Gasteiger partial charge on any atom is -0.396 e. The molecule has 6 heteroatoms. The van der Waals surface area contributed by atoms with Gasteiger partial charge in [-0.05, 0) is 38.0 Å². The van der Waals surface area contributed by atoms with E-state index >= 15 is 0 Å². The molecule has 0 aliphatic carbocycles. The second-order valence-electron chi connectivity index (χ2n) is 5.79. The number of hydrogen-bond donors (Lipinski definition) is 1. The lowest BCUT2D eigenvalue weighted by molar-refractivity contribution is 0.165. The van der Waals surface area contributed by atoms with Gasteiger partial charge in [0, 0.05) is 32.3 Å². The first-order valence-corrected chi connectivity index (χ1v) is 8.22. The molecule has 2 aliphatic rings. The number of piperidine rings is 1. The molecule has 0 spiro atoms. The fraction of sp³-hybridized carbons (Fsp3) is 1.00. The Bertz CT molecular complexity index is 377. The van der Waals surface area contributed by atoms with Crippen molar-refractivity contribution in [2.75, 3.05) is 26.2 Å². The van der Waals surface area contributed by atoms with Crippen molar-refractivity contribution in [3.05, 3.63) is 0 Å². The molecule has 5 nitrogen and oxygen atoms in total. The average molecular weight is 276 g/mol. The molecule has 0 bridgehead atoms. The molecule has 2 atom stereocenters. The molecular formula is C12H24N2O3S. The highest BCUT2D eigenvalue weighted by molar-refractivity contribution is 7.86. The van der Waals surface area contributed by atoms with E-state index in [1.807, 2.05) is 6.92 Å². The lowest BCUT2D eigenvalue weighted by Gasteiger charge is -2.34. The number of rotatable bonds is 3. The van der Waals surface area contributed by atoms with Gasteiger partial charge in [0.2, 0.25) is 0 Å². The van der Waals surface area contributed by atoms with E-state index in [-0.39, 0.29) is 18.6 Å². The van der Waals surface area contributed by atoms with E-state index in [1.54, 1.807) is 8.61 Å². The summed E-state index contributed by atoms with van der Waals surface area (Å²) in [6, 6.07) is 0.112. The Morgan fingerprint density at radius 3 is 2.28 bits per heavy atom. The first-order chi connectivity index (χ1) is 8.45. The highest BCUT2D eigenvalue weighted by Crippen LogP contribution is 2.29. The number of aliphatic hydroxyl groups is 1. The molecule has 2 rings (SSSR count). The maximum absolute atomic E-state index is 12.5. The predicted molar refractivity (Wildman–Crippen MR) is 70.3 cm³/mol. The molecule has 0 saturated carbocycles. The van der Waals surface area contributed by atoms with Gasteiger partial charge in [-0.3, -0.25) is 0 Å². The quantitative estimate of drug-likeness (QED) is 0.824. The highest BCUT2D eigenvalue weighted by atomic mass is 32.2. The van der Waals surface area contributed by atoms with Gasteiger partial charge in [-0.1, -0.05) is 6.92 Å². The van der Waals surface area contributed by atoms with Crippen LogP contribution in [-0.4, -0.2) is 54.4 Å². The zero-order valence-electron chi connectivity index (χ0n) is 11.2. The van der Waals surface area contributed by atoms with Crippen LogP contribution in [0.5, 0.6) is 0 Å². The van der Waals surface area contributed by atoms with Gasteiger partial charge in [0.05, 0.1) is 0 Å². The van der Waals surface area contributed by atoms with Crippen LogP contribution in [0.25, 0.3) is 0 Å². The Balaban J connectivity index is 2.03. The minimum atomic E-state index is -3.29. The fourth-order valence-electron chi connectivity index (χ4n) is 3.05.